The third-order valence-electron chi connectivity index (χ3n) is 3.59. The second kappa shape index (κ2) is 5.16. The van der Waals surface area contributed by atoms with E-state index in [0.717, 1.165) is 11.6 Å². The lowest BCUT2D eigenvalue weighted by Crippen LogP contribution is -2.42. The molecule has 8 heteroatoms. The molecule has 1 aromatic heterocycles. The second-order valence-corrected chi connectivity index (χ2v) is 7.07. The number of hydrogen-bond acceptors (Lipinski definition) is 2. The summed E-state index contributed by atoms with van der Waals surface area (Å²) in [5.41, 5.74) is -0.310. The van der Waals surface area contributed by atoms with Gasteiger partial charge in [-0.2, -0.15) is 0 Å². The van der Waals surface area contributed by atoms with Gasteiger partial charge in [0.05, 0.1) is 10.4 Å². The third-order valence-corrected chi connectivity index (χ3v) is 5.34. The van der Waals surface area contributed by atoms with E-state index in [1.807, 2.05) is 0 Å². The smallest absolute Gasteiger partial charge is 0.444 e. The molecule has 23 heavy (non-hydrogen) atoms. The maximum absolute atomic E-state index is 13.4. The summed E-state index contributed by atoms with van der Waals surface area (Å²) in [6, 6.07) is 12.5. The van der Waals surface area contributed by atoms with Crippen molar-refractivity contribution in [3.63, 3.8) is 0 Å². The summed E-state index contributed by atoms with van der Waals surface area (Å²) in [6.07, 6.45) is 0. The number of rotatable bonds is 3. The molecule has 3 rings (SSSR count). The van der Waals surface area contributed by atoms with Crippen molar-refractivity contribution in [2.45, 2.75) is 11.8 Å². The van der Waals surface area contributed by atoms with Crippen LogP contribution in [0.2, 0.25) is 0 Å². The Hall–Kier alpha value is -2.22. The zero-order chi connectivity index (χ0) is 16.8. The zero-order valence-corrected chi connectivity index (χ0v) is 12.9. The van der Waals surface area contributed by atoms with Crippen molar-refractivity contribution in [2.75, 3.05) is 0 Å². The van der Waals surface area contributed by atoms with Crippen molar-refractivity contribution in [2.24, 2.45) is 0 Å². The predicted octanol–water partition coefficient (Wildman–Crippen LogP) is 3.24. The van der Waals surface area contributed by atoms with E-state index in [1.165, 1.54) is 30.3 Å². The van der Waals surface area contributed by atoms with Crippen LogP contribution in [0.3, 0.4) is 0 Å². The summed E-state index contributed by atoms with van der Waals surface area (Å²) in [4.78, 5) is -0.175. The molecule has 3 aromatic rings. The van der Waals surface area contributed by atoms with E-state index >= 15 is 0 Å². The van der Waals surface area contributed by atoms with Crippen LogP contribution < -0.4 is 5.59 Å². The maximum atomic E-state index is 13.4. The van der Waals surface area contributed by atoms with E-state index in [-0.39, 0.29) is 15.8 Å². The van der Waals surface area contributed by atoms with Gasteiger partial charge in [0, 0.05) is 0 Å². The first-order valence-corrected chi connectivity index (χ1v) is 8.28. The van der Waals surface area contributed by atoms with Gasteiger partial charge in [-0.3, -0.25) is 3.97 Å². The number of aryl methyl sites for hydroxylation is 1. The quantitative estimate of drug-likeness (QED) is 0.688. The lowest BCUT2D eigenvalue weighted by Gasteiger charge is -2.19. The lowest BCUT2D eigenvalue weighted by molar-refractivity contribution is 0.496. The average Bonchev–Trinajstić information content (AvgIpc) is 2.88. The summed E-state index contributed by atoms with van der Waals surface area (Å²) in [7, 11) is -4.34. The molecule has 0 aliphatic rings. The van der Waals surface area contributed by atoms with Crippen molar-refractivity contribution >= 4 is 33.5 Å². The molecule has 0 saturated carbocycles. The number of benzene rings is 2. The number of halogens is 3. The molecule has 0 saturated heterocycles. The largest absolute Gasteiger partial charge is 0.526 e. The molecular formula is C15H12BF3NO2S-. The Morgan fingerprint density at radius 2 is 1.57 bits per heavy atom. The summed E-state index contributed by atoms with van der Waals surface area (Å²) in [5.74, 6) is 0. The lowest BCUT2D eigenvalue weighted by atomic mass is 9.86. The maximum Gasteiger partial charge on any atom is 0.526 e. The van der Waals surface area contributed by atoms with Crippen LogP contribution in [0.5, 0.6) is 0 Å². The van der Waals surface area contributed by atoms with Crippen molar-refractivity contribution in [1.29, 1.82) is 0 Å². The SMILES string of the molecule is Cc1ccc(S(=O)(=O)n2c([B-](F)(F)F)cc3ccccc32)cc1. The van der Waals surface area contributed by atoms with Crippen molar-refractivity contribution < 1.29 is 21.4 Å². The number of fused-ring (bicyclic) bond motifs is 1. The molecule has 120 valence electrons. The van der Waals surface area contributed by atoms with Crippen LogP contribution in [0, 0.1) is 6.92 Å². The Morgan fingerprint density at radius 1 is 0.957 bits per heavy atom. The third kappa shape index (κ3) is 2.63. The number of para-hydroxylation sites is 1. The fourth-order valence-electron chi connectivity index (χ4n) is 2.46. The Morgan fingerprint density at radius 3 is 2.17 bits per heavy atom. The molecule has 0 bridgehead atoms. The van der Waals surface area contributed by atoms with Gasteiger partial charge in [-0.25, -0.2) is 8.42 Å². The van der Waals surface area contributed by atoms with Crippen LogP contribution in [0.15, 0.2) is 59.5 Å². The summed E-state index contributed by atoms with van der Waals surface area (Å²) in [5, 5.41) is 0.234. The molecule has 1 heterocycles. The van der Waals surface area contributed by atoms with Crippen LogP contribution in [-0.2, 0) is 10.0 Å². The molecule has 0 amide bonds. The first-order valence-electron chi connectivity index (χ1n) is 6.84. The van der Waals surface area contributed by atoms with E-state index in [0.29, 0.717) is 3.97 Å². The second-order valence-electron chi connectivity index (χ2n) is 5.29. The van der Waals surface area contributed by atoms with E-state index in [4.69, 9.17) is 0 Å². The Labute approximate surface area is 131 Å². The average molecular weight is 338 g/mol. The molecule has 0 spiro atoms. The van der Waals surface area contributed by atoms with Gasteiger partial charge in [-0.05, 0) is 36.1 Å². The normalized spacial score (nSPS) is 12.7. The minimum Gasteiger partial charge on any atom is -0.444 e. The van der Waals surface area contributed by atoms with E-state index in [1.54, 1.807) is 25.1 Å². The number of hydrogen-bond donors (Lipinski definition) is 0. The van der Waals surface area contributed by atoms with Gasteiger partial charge in [-0.15, -0.1) is 0 Å². The topological polar surface area (TPSA) is 39.1 Å². The minimum absolute atomic E-state index is 0.0160. The molecule has 0 fully saturated rings. The first kappa shape index (κ1) is 15.7. The van der Waals surface area contributed by atoms with Crippen LogP contribution >= 0.6 is 0 Å². The standard InChI is InChI=1S/C15H12BF3NO2S/c1-11-6-8-13(9-7-11)23(21,22)20-14-5-3-2-4-12(14)10-15(20)16(17,18)19/h2-10H,1H3/q-1. The van der Waals surface area contributed by atoms with Gasteiger partial charge >= 0.3 is 6.98 Å². The van der Waals surface area contributed by atoms with E-state index < -0.39 is 22.6 Å². The Kier molecular flexibility index (Phi) is 3.52. The number of nitrogens with zero attached hydrogens (tertiary/aromatic N) is 1. The Balaban J connectivity index is 2.36. The first-order chi connectivity index (χ1) is 10.7. The molecule has 0 aliphatic carbocycles. The molecule has 0 aliphatic heterocycles. The fraction of sp³-hybridized carbons (Fsp3) is 0.0667. The highest BCUT2D eigenvalue weighted by molar-refractivity contribution is 7.90. The van der Waals surface area contributed by atoms with Crippen molar-refractivity contribution in [1.82, 2.24) is 3.97 Å². The fourth-order valence-corrected chi connectivity index (χ4v) is 4.03. The van der Waals surface area contributed by atoms with E-state index in [2.05, 4.69) is 0 Å². The summed E-state index contributed by atoms with van der Waals surface area (Å²) in [6.45, 7) is -3.71. The van der Waals surface area contributed by atoms with Crippen molar-refractivity contribution in [3.05, 3.63) is 60.2 Å². The van der Waals surface area contributed by atoms with Gasteiger partial charge in [0.15, 0.2) is 0 Å². The molecule has 0 radical (unpaired) electrons. The Bertz CT molecular complexity index is 976. The highest BCUT2D eigenvalue weighted by Crippen LogP contribution is 2.24. The van der Waals surface area contributed by atoms with Crippen LogP contribution in [0.1, 0.15) is 5.56 Å². The van der Waals surface area contributed by atoms with Crippen LogP contribution in [0.4, 0.5) is 12.9 Å². The van der Waals surface area contributed by atoms with Gasteiger partial charge in [-0.1, -0.05) is 42.0 Å². The zero-order valence-electron chi connectivity index (χ0n) is 12.1. The van der Waals surface area contributed by atoms with Crippen molar-refractivity contribution in [3.8, 4) is 0 Å². The highest BCUT2D eigenvalue weighted by Gasteiger charge is 2.34. The van der Waals surface area contributed by atoms with E-state index in [9.17, 15) is 21.4 Å². The van der Waals surface area contributed by atoms with Gasteiger partial charge in [0.2, 0.25) is 0 Å². The molecule has 3 nitrogen and oxygen atoms in total. The highest BCUT2D eigenvalue weighted by atomic mass is 32.2. The van der Waals surface area contributed by atoms with Gasteiger partial charge in [0.25, 0.3) is 10.0 Å². The minimum atomic E-state index is -5.48. The molecule has 2 aromatic carbocycles. The predicted molar refractivity (Wildman–Crippen MR) is 84.4 cm³/mol. The van der Waals surface area contributed by atoms with Crippen LogP contribution in [-0.4, -0.2) is 19.4 Å². The molecule has 0 atom stereocenters. The monoisotopic (exact) mass is 338 g/mol. The molecule has 0 unspecified atom stereocenters. The van der Waals surface area contributed by atoms with Gasteiger partial charge < -0.3 is 12.9 Å². The molecule has 0 N–H and O–H groups in total. The summed E-state index contributed by atoms with van der Waals surface area (Å²) >= 11 is 0. The summed E-state index contributed by atoms with van der Waals surface area (Å²) < 4.78 is 66.0. The molecular weight excluding hydrogens is 326 g/mol. The van der Waals surface area contributed by atoms with Crippen LogP contribution in [0.25, 0.3) is 10.9 Å². The number of aromatic nitrogens is 1. The van der Waals surface area contributed by atoms with Gasteiger partial charge in [0.1, 0.15) is 0 Å².